The van der Waals surface area contributed by atoms with E-state index in [0.29, 0.717) is 19.0 Å². The zero-order valence-corrected chi connectivity index (χ0v) is 11.7. The van der Waals surface area contributed by atoms with E-state index in [1.807, 2.05) is 25.9 Å². The largest absolute Gasteiger partial charge is 0.399 e. The van der Waals surface area contributed by atoms with Gasteiger partial charge in [0, 0.05) is 25.7 Å². The molecule has 0 aromatic rings. The van der Waals surface area contributed by atoms with Crippen molar-refractivity contribution < 1.29 is 13.2 Å². The molecule has 0 aliphatic carbocycles. The van der Waals surface area contributed by atoms with Gasteiger partial charge in [-0.1, -0.05) is 19.1 Å². The Morgan fingerprint density at radius 1 is 1.44 bits per heavy atom. The van der Waals surface area contributed by atoms with Crippen LogP contribution in [0.15, 0.2) is 0 Å². The van der Waals surface area contributed by atoms with Crippen LogP contribution in [0.2, 0.25) is 0 Å². The second-order valence-corrected chi connectivity index (χ2v) is 5.69. The van der Waals surface area contributed by atoms with E-state index in [2.05, 4.69) is 12.2 Å². The predicted octanol–water partition coefficient (Wildman–Crippen LogP) is 1.33. The fourth-order valence-corrected chi connectivity index (χ4v) is 2.69. The molecule has 18 heavy (non-hydrogen) atoms. The Labute approximate surface area is 111 Å². The van der Waals surface area contributed by atoms with Crippen molar-refractivity contribution in [3.8, 4) is 0 Å². The number of thiocarbonyl (C=S) groups is 1. The summed E-state index contributed by atoms with van der Waals surface area (Å²) in [5, 5.41) is 0. The normalized spacial score (nSPS) is 27.7. The second-order valence-electron chi connectivity index (χ2n) is 5.22. The van der Waals surface area contributed by atoms with Gasteiger partial charge in [-0.3, -0.25) is 0 Å². The lowest BCUT2D eigenvalue weighted by Crippen LogP contribution is -2.43. The molecule has 0 spiro atoms. The maximum Gasteiger partial charge on any atom is 0.399 e. The first-order valence-corrected chi connectivity index (χ1v) is 6.28. The van der Waals surface area contributed by atoms with E-state index in [0.717, 1.165) is 0 Å². The molecule has 1 saturated heterocycles. The highest BCUT2D eigenvalue weighted by Crippen LogP contribution is 2.29. The summed E-state index contributed by atoms with van der Waals surface area (Å²) >= 11 is 4.53. The fraction of sp³-hybridized carbons (Fsp3) is 0.909. The molecular formula is C11H20F3N3S. The molecular weight excluding hydrogens is 263 g/mol. The van der Waals surface area contributed by atoms with Crippen molar-refractivity contribution in [2.45, 2.75) is 19.1 Å². The van der Waals surface area contributed by atoms with E-state index in [1.165, 1.54) is 0 Å². The number of alkyl halides is 3. The summed E-state index contributed by atoms with van der Waals surface area (Å²) in [6.45, 7) is 3.20. The molecule has 1 heterocycles. The Hall–Kier alpha value is -0.400. The number of hydrogen-bond donors (Lipinski definition) is 1. The molecule has 1 aliphatic heterocycles. The molecule has 3 nitrogen and oxygen atoms in total. The summed E-state index contributed by atoms with van der Waals surface area (Å²) in [5.74, 6) is -1.36. The Bertz CT molecular complexity index is 306. The van der Waals surface area contributed by atoms with Gasteiger partial charge in [-0.15, -0.1) is 0 Å². The first-order valence-electron chi connectivity index (χ1n) is 5.87. The van der Waals surface area contributed by atoms with Crippen LogP contribution in [0, 0.1) is 11.8 Å². The molecule has 0 amide bonds. The number of hydrogen-bond acceptors (Lipinski definition) is 3. The maximum atomic E-state index is 12.8. The lowest BCUT2D eigenvalue weighted by molar-refractivity contribution is -0.158. The zero-order valence-electron chi connectivity index (χ0n) is 10.9. The van der Waals surface area contributed by atoms with Crippen molar-refractivity contribution in [1.29, 1.82) is 0 Å². The summed E-state index contributed by atoms with van der Waals surface area (Å²) in [4.78, 5) is 3.38. The zero-order chi connectivity index (χ0) is 14.1. The Morgan fingerprint density at radius 2 is 2.00 bits per heavy atom. The van der Waals surface area contributed by atoms with Gasteiger partial charge < -0.3 is 15.5 Å². The number of likely N-dealkylation sites (N-methyl/N-ethyl adjacent to an activating group) is 1. The monoisotopic (exact) mass is 283 g/mol. The smallest absolute Gasteiger partial charge is 0.393 e. The van der Waals surface area contributed by atoms with Gasteiger partial charge in [0.1, 0.15) is 5.92 Å². The molecule has 1 aliphatic rings. The van der Waals surface area contributed by atoms with Crippen molar-refractivity contribution in [2.24, 2.45) is 17.6 Å². The van der Waals surface area contributed by atoms with Crippen molar-refractivity contribution in [2.75, 3.05) is 33.7 Å². The molecule has 0 radical (unpaired) electrons. The van der Waals surface area contributed by atoms with E-state index in [4.69, 9.17) is 5.73 Å². The maximum absolute atomic E-state index is 12.8. The number of rotatable bonds is 4. The second kappa shape index (κ2) is 5.71. The Kier molecular flexibility index (Phi) is 4.97. The van der Waals surface area contributed by atoms with E-state index in [1.54, 1.807) is 4.90 Å². The van der Waals surface area contributed by atoms with Gasteiger partial charge in [0.2, 0.25) is 0 Å². The van der Waals surface area contributed by atoms with Crippen LogP contribution in [-0.2, 0) is 0 Å². The first kappa shape index (κ1) is 15.7. The van der Waals surface area contributed by atoms with E-state index >= 15 is 0 Å². The molecule has 0 saturated carbocycles. The average Bonchev–Trinajstić information content (AvgIpc) is 2.53. The summed E-state index contributed by atoms with van der Waals surface area (Å²) in [7, 11) is 3.89. The minimum absolute atomic E-state index is 0.131. The minimum Gasteiger partial charge on any atom is -0.393 e. The number of nitrogens with zero attached hydrogens (tertiary/aromatic N) is 2. The fourth-order valence-electron chi connectivity index (χ4n) is 2.48. The van der Waals surface area contributed by atoms with Gasteiger partial charge in [0.15, 0.2) is 0 Å². The van der Waals surface area contributed by atoms with Gasteiger partial charge in [0.05, 0.1) is 4.99 Å². The summed E-state index contributed by atoms with van der Waals surface area (Å²) < 4.78 is 38.3. The summed E-state index contributed by atoms with van der Waals surface area (Å²) in [6.07, 6.45) is -4.36. The van der Waals surface area contributed by atoms with Gasteiger partial charge in [0.25, 0.3) is 0 Å². The first-order chi connectivity index (χ1) is 8.12. The Balaban J connectivity index is 2.65. The highest BCUT2D eigenvalue weighted by molar-refractivity contribution is 7.80. The summed E-state index contributed by atoms with van der Waals surface area (Å²) in [6, 6.07) is 0.283. The van der Waals surface area contributed by atoms with Gasteiger partial charge in [-0.05, 0) is 20.0 Å². The van der Waals surface area contributed by atoms with Crippen LogP contribution in [-0.4, -0.2) is 60.7 Å². The lowest BCUT2D eigenvalue weighted by atomic mass is 10.1. The predicted molar refractivity (Wildman–Crippen MR) is 69.4 cm³/mol. The third kappa shape index (κ3) is 3.80. The van der Waals surface area contributed by atoms with Crippen LogP contribution in [0.5, 0.6) is 0 Å². The topological polar surface area (TPSA) is 32.5 Å². The quantitative estimate of drug-likeness (QED) is 0.789. The molecule has 3 atom stereocenters. The third-order valence-corrected chi connectivity index (χ3v) is 3.78. The highest BCUT2D eigenvalue weighted by atomic mass is 32.1. The van der Waals surface area contributed by atoms with Crippen LogP contribution >= 0.6 is 12.2 Å². The lowest BCUT2D eigenvalue weighted by Gasteiger charge is -2.25. The molecule has 0 bridgehead atoms. The third-order valence-electron chi connectivity index (χ3n) is 3.49. The minimum atomic E-state index is -4.36. The molecule has 106 valence electrons. The highest BCUT2D eigenvalue weighted by Gasteiger charge is 2.44. The molecule has 2 N–H and O–H groups in total. The number of nitrogens with two attached hydrogens (primary N) is 1. The van der Waals surface area contributed by atoms with Crippen molar-refractivity contribution in [3.05, 3.63) is 0 Å². The molecule has 1 fully saturated rings. The van der Waals surface area contributed by atoms with E-state index < -0.39 is 17.1 Å². The molecule has 3 unspecified atom stereocenters. The molecule has 0 aromatic carbocycles. The van der Waals surface area contributed by atoms with Crippen molar-refractivity contribution in [1.82, 2.24) is 9.80 Å². The number of likely N-dealkylation sites (tertiary alicyclic amines) is 1. The van der Waals surface area contributed by atoms with Crippen molar-refractivity contribution >= 4 is 17.2 Å². The van der Waals surface area contributed by atoms with Gasteiger partial charge in [-0.2, -0.15) is 13.2 Å². The van der Waals surface area contributed by atoms with E-state index in [-0.39, 0.29) is 12.6 Å². The van der Waals surface area contributed by atoms with Crippen molar-refractivity contribution in [3.63, 3.8) is 0 Å². The molecule has 7 heteroatoms. The van der Waals surface area contributed by atoms with Crippen LogP contribution in [0.1, 0.15) is 6.92 Å². The molecule has 0 aromatic heterocycles. The summed E-state index contributed by atoms with van der Waals surface area (Å²) in [5.41, 5.74) is 5.20. The van der Waals surface area contributed by atoms with Crippen LogP contribution in [0.3, 0.4) is 0 Å². The van der Waals surface area contributed by atoms with Crippen LogP contribution in [0.4, 0.5) is 13.2 Å². The number of halogens is 3. The SMILES string of the molecule is CC1CN(CC(C(N)=S)C(F)(F)F)CC1N(C)C. The van der Waals surface area contributed by atoms with Gasteiger partial charge >= 0.3 is 6.18 Å². The van der Waals surface area contributed by atoms with Gasteiger partial charge in [-0.25, -0.2) is 0 Å². The van der Waals surface area contributed by atoms with Crippen LogP contribution < -0.4 is 5.73 Å². The Morgan fingerprint density at radius 3 is 2.33 bits per heavy atom. The standard InChI is InChI=1S/C11H20F3N3S/c1-7-4-17(6-9(7)16(2)3)5-8(10(15)18)11(12,13)14/h7-9H,4-6H2,1-3H3,(H2,15,18). The van der Waals surface area contributed by atoms with Crippen LogP contribution in [0.25, 0.3) is 0 Å². The van der Waals surface area contributed by atoms with E-state index in [9.17, 15) is 13.2 Å². The average molecular weight is 283 g/mol. The molecule has 1 rings (SSSR count).